The molecule has 3 heterocycles. The first-order valence-electron chi connectivity index (χ1n) is 13.0. The molecule has 1 saturated carbocycles. The third-order valence-electron chi connectivity index (χ3n) is 8.16. The van der Waals surface area contributed by atoms with Crippen molar-refractivity contribution in [2.45, 2.75) is 39.0 Å². The lowest BCUT2D eigenvalue weighted by Crippen LogP contribution is -2.34. The quantitative estimate of drug-likeness (QED) is 0.457. The maximum atomic E-state index is 15.0. The number of hydrogen-bond donors (Lipinski definition) is 2. The molecule has 6 rings (SSSR count). The topological polar surface area (TPSA) is 54.2 Å². The lowest BCUT2D eigenvalue weighted by atomic mass is 9.91. The fourth-order valence-electron chi connectivity index (χ4n) is 6.45. The zero-order valence-corrected chi connectivity index (χ0v) is 21.5. The molecule has 3 aromatic rings. The lowest BCUT2D eigenvalue weighted by molar-refractivity contribution is 0.206. The first-order chi connectivity index (χ1) is 17.1. The molecule has 0 amide bonds. The zero-order chi connectivity index (χ0) is 25.2. The molecule has 2 atom stereocenters. The van der Waals surface area contributed by atoms with Gasteiger partial charge in [0.1, 0.15) is 5.82 Å². The fourth-order valence-corrected chi connectivity index (χ4v) is 6.45. The summed E-state index contributed by atoms with van der Waals surface area (Å²) >= 11 is 0. The number of halogens is 1. The predicted octanol–water partition coefficient (Wildman–Crippen LogP) is 5.87. The van der Waals surface area contributed by atoms with Crippen LogP contribution in [-0.4, -0.2) is 36.1 Å². The van der Waals surface area contributed by atoms with Gasteiger partial charge in [-0.1, -0.05) is 69.8 Å². The van der Waals surface area contributed by atoms with Crippen LogP contribution in [0.2, 0.25) is 0 Å². The number of likely N-dealkylation sites (tertiary alicyclic amines) is 1. The van der Waals surface area contributed by atoms with E-state index in [0.717, 1.165) is 59.9 Å². The van der Waals surface area contributed by atoms with E-state index in [0.29, 0.717) is 11.0 Å². The van der Waals surface area contributed by atoms with E-state index in [1.165, 1.54) is 24.1 Å². The zero-order valence-electron chi connectivity index (χ0n) is 21.5. The van der Waals surface area contributed by atoms with E-state index >= 15 is 4.39 Å². The maximum Gasteiger partial charge on any atom is 0.222 e. The van der Waals surface area contributed by atoms with Crippen LogP contribution in [0.25, 0.3) is 28.0 Å². The van der Waals surface area contributed by atoms with E-state index in [9.17, 15) is 0 Å². The van der Waals surface area contributed by atoms with Gasteiger partial charge in [-0.15, -0.1) is 0 Å². The Morgan fingerprint density at radius 2 is 1.83 bits per heavy atom. The minimum Gasteiger partial charge on any atom is -0.385 e. The molecular weight excluding hydrogens is 447 g/mol. The Kier molecular flexibility index (Phi) is 5.27. The number of nitrogens with zero attached hydrogens (tertiary/aromatic N) is 2. The van der Waals surface area contributed by atoms with Gasteiger partial charge in [0.15, 0.2) is 0 Å². The molecule has 0 spiro atoms. The monoisotopic (exact) mass is 482 g/mol. The summed E-state index contributed by atoms with van der Waals surface area (Å²) in [6.07, 6.45) is 2.18. The Morgan fingerprint density at radius 1 is 1.08 bits per heavy atom. The molecule has 1 aliphatic carbocycles. The van der Waals surface area contributed by atoms with Crippen molar-refractivity contribution in [1.82, 2.24) is 15.2 Å². The van der Waals surface area contributed by atoms with E-state index in [-0.39, 0.29) is 11.2 Å². The lowest BCUT2D eigenvalue weighted by Gasteiger charge is -2.28. The highest BCUT2D eigenvalue weighted by molar-refractivity contribution is 5.81. The van der Waals surface area contributed by atoms with Gasteiger partial charge in [0.2, 0.25) is 5.95 Å². The molecule has 2 fully saturated rings. The van der Waals surface area contributed by atoms with Gasteiger partial charge >= 0.3 is 0 Å². The van der Waals surface area contributed by atoms with Gasteiger partial charge in [-0.3, -0.25) is 0 Å². The Labute approximate surface area is 213 Å². The highest BCUT2D eigenvalue weighted by Gasteiger charge is 2.60. The standard InChI is InChI=1S/C31H35FN4/c1-19-25-10-7-21(13-22(25)11-12-34-19)27-14-26(28(32)35-29(27)33)20-5-8-23(9-6-20)31-15-24(31)16-36(18-31)17-30(2,3)4/h5-10,13-14,24,34H,1,11-12,15-18H2,2-4H3,(H2,33,35)/t24-,31?/m1/s1. The van der Waals surface area contributed by atoms with E-state index < -0.39 is 5.95 Å². The second kappa shape index (κ2) is 8.17. The highest BCUT2D eigenvalue weighted by Crippen LogP contribution is 2.59. The van der Waals surface area contributed by atoms with E-state index in [1.807, 2.05) is 12.1 Å². The van der Waals surface area contributed by atoms with Gasteiger partial charge in [0.25, 0.3) is 0 Å². The summed E-state index contributed by atoms with van der Waals surface area (Å²) in [4.78, 5) is 6.71. The van der Waals surface area contributed by atoms with Gasteiger partial charge in [-0.2, -0.15) is 4.39 Å². The fraction of sp³-hybridized carbons (Fsp3) is 0.387. The van der Waals surface area contributed by atoms with Crippen molar-refractivity contribution >= 4 is 11.5 Å². The molecule has 186 valence electrons. The number of nitrogens with one attached hydrogen (secondary N) is 1. The van der Waals surface area contributed by atoms with Crippen molar-refractivity contribution in [3.05, 3.63) is 77.7 Å². The van der Waals surface area contributed by atoms with Crippen molar-refractivity contribution in [3.8, 4) is 22.3 Å². The number of aromatic nitrogens is 1. The summed E-state index contributed by atoms with van der Waals surface area (Å²) in [6, 6.07) is 16.6. The number of hydrogen-bond acceptors (Lipinski definition) is 4. The minimum absolute atomic E-state index is 0.213. The average Bonchev–Trinajstić information content (AvgIpc) is 3.39. The molecule has 5 heteroatoms. The van der Waals surface area contributed by atoms with E-state index in [4.69, 9.17) is 5.73 Å². The molecule has 1 unspecified atom stereocenters. The Morgan fingerprint density at radius 3 is 2.58 bits per heavy atom. The number of rotatable bonds is 4. The van der Waals surface area contributed by atoms with Crippen molar-refractivity contribution in [3.63, 3.8) is 0 Å². The molecule has 0 bridgehead atoms. The molecule has 1 saturated heterocycles. The summed E-state index contributed by atoms with van der Waals surface area (Å²) < 4.78 is 15.0. The first kappa shape index (κ1) is 23.2. The molecular formula is C31H35FN4. The summed E-state index contributed by atoms with van der Waals surface area (Å²) in [5, 5.41) is 3.31. The molecule has 2 aromatic carbocycles. The Hall–Kier alpha value is -3.18. The van der Waals surface area contributed by atoms with Crippen LogP contribution >= 0.6 is 0 Å². The minimum atomic E-state index is -0.529. The Balaban J connectivity index is 1.28. The van der Waals surface area contributed by atoms with Gasteiger partial charge in [0.05, 0.1) is 0 Å². The summed E-state index contributed by atoms with van der Waals surface area (Å²) in [5.74, 6) is 0.423. The summed E-state index contributed by atoms with van der Waals surface area (Å²) in [7, 11) is 0. The number of pyridine rings is 1. The number of piperidine rings is 1. The van der Waals surface area contributed by atoms with Crippen molar-refractivity contribution in [2.75, 3.05) is 31.9 Å². The second-order valence-corrected chi connectivity index (χ2v) is 12.2. The van der Waals surface area contributed by atoms with Crippen LogP contribution < -0.4 is 11.1 Å². The van der Waals surface area contributed by atoms with Crippen LogP contribution in [0.15, 0.2) is 55.1 Å². The average molecular weight is 483 g/mol. The van der Waals surface area contributed by atoms with Gasteiger partial charge in [0, 0.05) is 54.0 Å². The molecule has 0 radical (unpaired) electrons. The number of nitrogen functional groups attached to an aromatic ring is 1. The van der Waals surface area contributed by atoms with Gasteiger partial charge in [-0.05, 0) is 52.5 Å². The van der Waals surface area contributed by atoms with Crippen LogP contribution in [0, 0.1) is 17.3 Å². The van der Waals surface area contributed by atoms with Crippen molar-refractivity contribution in [2.24, 2.45) is 11.3 Å². The molecule has 1 aromatic heterocycles. The van der Waals surface area contributed by atoms with Crippen LogP contribution in [0.4, 0.5) is 10.2 Å². The molecule has 36 heavy (non-hydrogen) atoms. The van der Waals surface area contributed by atoms with E-state index in [2.05, 4.69) is 78.9 Å². The van der Waals surface area contributed by atoms with Crippen LogP contribution in [0.3, 0.4) is 0 Å². The second-order valence-electron chi connectivity index (χ2n) is 12.2. The maximum absolute atomic E-state index is 15.0. The number of fused-ring (bicyclic) bond motifs is 2. The smallest absolute Gasteiger partial charge is 0.222 e. The third-order valence-corrected chi connectivity index (χ3v) is 8.16. The summed E-state index contributed by atoms with van der Waals surface area (Å²) in [6.45, 7) is 15.3. The molecule has 3 N–H and O–H groups in total. The SMILES string of the molecule is C=C1NCCc2cc(-c3cc(-c4ccc(C56C[C@@H]5CN(CC(C)(C)C)C6)cc4)c(F)nc3N)ccc21. The van der Waals surface area contributed by atoms with Crippen molar-refractivity contribution in [1.29, 1.82) is 0 Å². The summed E-state index contributed by atoms with van der Waals surface area (Å²) in [5.41, 5.74) is 14.5. The third kappa shape index (κ3) is 4.00. The number of anilines is 1. The largest absolute Gasteiger partial charge is 0.385 e. The molecule has 4 nitrogen and oxygen atoms in total. The van der Waals surface area contributed by atoms with E-state index in [1.54, 1.807) is 0 Å². The predicted molar refractivity (Wildman–Crippen MR) is 146 cm³/mol. The highest BCUT2D eigenvalue weighted by atomic mass is 19.1. The number of nitrogens with two attached hydrogens (primary N) is 1. The van der Waals surface area contributed by atoms with Crippen LogP contribution in [0.5, 0.6) is 0 Å². The first-order valence-corrected chi connectivity index (χ1v) is 13.0. The van der Waals surface area contributed by atoms with Crippen LogP contribution in [-0.2, 0) is 11.8 Å². The number of benzene rings is 2. The Bertz CT molecular complexity index is 1350. The van der Waals surface area contributed by atoms with Crippen molar-refractivity contribution < 1.29 is 4.39 Å². The van der Waals surface area contributed by atoms with Crippen LogP contribution in [0.1, 0.15) is 43.9 Å². The molecule has 2 aliphatic heterocycles. The van der Waals surface area contributed by atoms with Gasteiger partial charge < -0.3 is 16.0 Å². The molecule has 3 aliphatic rings. The normalized spacial score (nSPS) is 23.2. The van der Waals surface area contributed by atoms with Gasteiger partial charge in [-0.25, -0.2) is 4.98 Å².